The predicted molar refractivity (Wildman–Crippen MR) is 35.8 cm³/mol. The molecule has 0 N–H and O–H groups in total. The molecule has 4 heteroatoms. The van der Waals surface area contributed by atoms with Crippen molar-refractivity contribution in [3.05, 3.63) is 23.9 Å². The highest BCUT2D eigenvalue weighted by Crippen LogP contribution is 1.92. The van der Waals surface area contributed by atoms with Crippen LogP contribution in [0, 0.1) is 11.3 Å². The first-order valence-corrected chi connectivity index (χ1v) is 2.71. The van der Waals surface area contributed by atoms with Gasteiger partial charge in [0.25, 0.3) is 0 Å². The highest BCUT2D eigenvalue weighted by atomic mass is 35.5. The number of esters is 1. The molecule has 3 nitrogen and oxygen atoms in total. The summed E-state index contributed by atoms with van der Waals surface area (Å²) in [4.78, 5) is 10.5. The maximum Gasteiger partial charge on any atom is 0.353 e. The lowest BCUT2D eigenvalue weighted by Gasteiger charge is -1.91. The number of nitrogens with zero attached hydrogens (tertiary/aromatic N) is 1. The number of hydrogen-bond acceptors (Lipinski definition) is 3. The number of ether oxygens (including phenoxy) is 1. The summed E-state index contributed by atoms with van der Waals surface area (Å²) in [5.41, 5.74) is 0.762. The maximum atomic E-state index is 10.5. The lowest BCUT2D eigenvalue weighted by molar-refractivity contribution is -0.133. The van der Waals surface area contributed by atoms with Gasteiger partial charge in [-0.15, -0.1) is 0 Å². The number of nitriles is 1. The lowest BCUT2D eigenvalue weighted by Crippen LogP contribution is -1.99. The first-order chi connectivity index (χ1) is 4.72. The normalized spacial score (nSPS) is 8.80. The van der Waals surface area contributed by atoms with Gasteiger partial charge in [-0.1, -0.05) is 18.2 Å². The smallest absolute Gasteiger partial charge is 0.353 e. The van der Waals surface area contributed by atoms with E-state index in [1.54, 1.807) is 0 Å². The van der Waals surface area contributed by atoms with Crippen molar-refractivity contribution in [1.29, 1.82) is 5.26 Å². The summed E-state index contributed by atoms with van der Waals surface area (Å²) < 4.78 is 4.27. The highest BCUT2D eigenvalue weighted by Gasteiger charge is 2.03. The van der Waals surface area contributed by atoms with E-state index in [0.717, 1.165) is 11.8 Å². The van der Waals surface area contributed by atoms with Crippen LogP contribution in [-0.4, -0.2) is 5.97 Å². The number of carbonyl (C=O) groups is 1. The van der Waals surface area contributed by atoms with Crippen LogP contribution < -0.4 is 0 Å². The molecule has 0 fully saturated rings. The molecular weight excluding hydrogens is 154 g/mol. The molecule has 0 bridgehead atoms. The van der Waals surface area contributed by atoms with Crippen LogP contribution in [0.2, 0.25) is 0 Å². The minimum Gasteiger partial charge on any atom is -0.429 e. The first kappa shape index (κ1) is 8.73. The Labute approximate surface area is 63.2 Å². The molecule has 0 saturated carbocycles. The van der Waals surface area contributed by atoms with E-state index in [1.165, 1.54) is 6.07 Å². The van der Waals surface area contributed by atoms with E-state index < -0.39 is 5.97 Å². The topological polar surface area (TPSA) is 50.1 Å². The van der Waals surface area contributed by atoms with E-state index >= 15 is 0 Å². The molecule has 0 radical (unpaired) electrons. The van der Waals surface area contributed by atoms with Crippen LogP contribution >= 0.6 is 11.6 Å². The number of hydrogen-bond donors (Lipinski definition) is 0. The Kier molecular flexibility index (Phi) is 4.01. The maximum absolute atomic E-state index is 10.5. The van der Waals surface area contributed by atoms with Gasteiger partial charge in [0.05, 0.1) is 0 Å². The van der Waals surface area contributed by atoms with Gasteiger partial charge in [0, 0.05) is 5.54 Å². The summed E-state index contributed by atoms with van der Waals surface area (Å²) >= 11 is 5.02. The van der Waals surface area contributed by atoms with E-state index in [1.807, 2.05) is 0 Å². The number of carbonyl (C=O) groups excluding carboxylic acids is 1. The molecule has 52 valence electrons. The van der Waals surface area contributed by atoms with Crippen molar-refractivity contribution in [3.8, 4) is 6.07 Å². The molecule has 0 aliphatic rings. The van der Waals surface area contributed by atoms with Crippen molar-refractivity contribution in [1.82, 2.24) is 0 Å². The van der Waals surface area contributed by atoms with E-state index in [-0.39, 0.29) is 5.57 Å². The second-order valence-electron chi connectivity index (χ2n) is 1.26. The van der Waals surface area contributed by atoms with Crippen LogP contribution in [0.4, 0.5) is 0 Å². The third-order valence-electron chi connectivity index (χ3n) is 0.608. The summed E-state index contributed by atoms with van der Waals surface area (Å²) in [6.45, 7) is 3.11. The summed E-state index contributed by atoms with van der Waals surface area (Å²) in [5.74, 6) is -0.792. The second kappa shape index (κ2) is 4.59. The molecule has 0 amide bonds. The Morgan fingerprint density at radius 2 is 2.40 bits per heavy atom. The van der Waals surface area contributed by atoms with Crippen molar-refractivity contribution >= 4 is 17.6 Å². The largest absolute Gasteiger partial charge is 0.429 e. The summed E-state index contributed by atoms with van der Waals surface area (Å²) in [6, 6.07) is 1.53. The van der Waals surface area contributed by atoms with Crippen molar-refractivity contribution in [3.63, 3.8) is 0 Å². The molecule has 10 heavy (non-hydrogen) atoms. The summed E-state index contributed by atoms with van der Waals surface area (Å²) in [6.07, 6.45) is 0.965. The zero-order valence-corrected chi connectivity index (χ0v) is 5.76. The van der Waals surface area contributed by atoms with Crippen LogP contribution in [0.15, 0.2) is 23.9 Å². The third kappa shape index (κ3) is 2.90. The van der Waals surface area contributed by atoms with E-state index in [2.05, 4.69) is 11.3 Å². The van der Waals surface area contributed by atoms with E-state index in [9.17, 15) is 4.79 Å². The van der Waals surface area contributed by atoms with Gasteiger partial charge < -0.3 is 4.74 Å². The van der Waals surface area contributed by atoms with Crippen LogP contribution in [0.3, 0.4) is 0 Å². The van der Waals surface area contributed by atoms with Gasteiger partial charge in [-0.05, 0) is 0 Å². The molecule has 0 aliphatic heterocycles. The molecule has 0 aliphatic carbocycles. The Balaban J connectivity index is 3.89. The molecule has 0 spiro atoms. The average molecular weight is 158 g/mol. The predicted octanol–water partition coefficient (Wildman–Crippen LogP) is 1.32. The number of rotatable bonds is 2. The summed E-state index contributed by atoms with van der Waals surface area (Å²) in [7, 11) is 0. The molecule has 0 aromatic carbocycles. The van der Waals surface area contributed by atoms with Gasteiger partial charge in [0.2, 0.25) is 0 Å². The van der Waals surface area contributed by atoms with Crippen LogP contribution in [0.1, 0.15) is 0 Å². The SMILES string of the molecule is C=C(C#N)C(=O)OC=CCl. The second-order valence-corrected chi connectivity index (χ2v) is 1.51. The number of halogens is 1. The first-order valence-electron chi connectivity index (χ1n) is 2.27. The Morgan fingerprint density at radius 3 is 2.80 bits per heavy atom. The average Bonchev–Trinajstić information content (AvgIpc) is 1.98. The van der Waals surface area contributed by atoms with Crippen molar-refractivity contribution in [2.75, 3.05) is 0 Å². The summed E-state index contributed by atoms with van der Waals surface area (Å²) in [5, 5.41) is 8.10. The van der Waals surface area contributed by atoms with Crippen molar-refractivity contribution in [2.45, 2.75) is 0 Å². The van der Waals surface area contributed by atoms with Crippen molar-refractivity contribution in [2.24, 2.45) is 0 Å². The molecule has 0 heterocycles. The zero-order valence-electron chi connectivity index (χ0n) is 5.00. The Morgan fingerprint density at radius 1 is 1.80 bits per heavy atom. The standard InChI is InChI=1S/C6H4ClNO2/c1-5(4-8)6(9)10-3-2-7/h2-3H,1H2. The van der Waals surface area contributed by atoms with Gasteiger partial charge in [-0.25, -0.2) is 4.79 Å². The molecule has 0 saturated heterocycles. The third-order valence-corrected chi connectivity index (χ3v) is 0.711. The van der Waals surface area contributed by atoms with Crippen LogP contribution in [0.25, 0.3) is 0 Å². The fourth-order valence-electron chi connectivity index (χ4n) is 0.204. The van der Waals surface area contributed by atoms with Crippen LogP contribution in [0.5, 0.6) is 0 Å². The lowest BCUT2D eigenvalue weighted by atomic mass is 10.3. The Bertz CT molecular complexity index is 214. The minimum absolute atomic E-state index is 0.255. The fraction of sp³-hybridized carbons (Fsp3) is 0. The van der Waals surface area contributed by atoms with E-state index in [0.29, 0.717) is 0 Å². The Hall–Kier alpha value is -1.27. The molecule has 0 aromatic heterocycles. The monoisotopic (exact) mass is 157 g/mol. The quantitative estimate of drug-likeness (QED) is 0.263. The van der Waals surface area contributed by atoms with Gasteiger partial charge in [-0.2, -0.15) is 5.26 Å². The highest BCUT2D eigenvalue weighted by molar-refractivity contribution is 6.25. The minimum atomic E-state index is -0.792. The van der Waals surface area contributed by atoms with Crippen LogP contribution in [-0.2, 0) is 9.53 Å². The van der Waals surface area contributed by atoms with Gasteiger partial charge in [0.1, 0.15) is 17.9 Å². The van der Waals surface area contributed by atoms with Gasteiger partial charge >= 0.3 is 5.97 Å². The molecule has 0 aromatic rings. The van der Waals surface area contributed by atoms with Crippen molar-refractivity contribution < 1.29 is 9.53 Å². The molecular formula is C6H4ClNO2. The molecule has 0 unspecified atom stereocenters. The fourth-order valence-corrected chi connectivity index (χ4v) is 0.256. The zero-order chi connectivity index (χ0) is 7.98. The van der Waals surface area contributed by atoms with Gasteiger partial charge in [0.15, 0.2) is 0 Å². The molecule has 0 rings (SSSR count). The van der Waals surface area contributed by atoms with Gasteiger partial charge in [-0.3, -0.25) is 0 Å². The molecule has 0 atom stereocenters. The van der Waals surface area contributed by atoms with E-state index in [4.69, 9.17) is 16.9 Å².